The summed E-state index contributed by atoms with van der Waals surface area (Å²) in [5.41, 5.74) is 2.75. The van der Waals surface area contributed by atoms with Crippen LogP contribution < -0.4 is 15.4 Å². The Bertz CT molecular complexity index is 1370. The van der Waals surface area contributed by atoms with Crippen LogP contribution in [0.2, 0.25) is 0 Å². The smallest absolute Gasteiger partial charge is 0.238 e. The number of nitrogens with one attached hydrogen (secondary N) is 2. The number of hydrogen-bond donors (Lipinski definition) is 3. The van der Waals surface area contributed by atoms with E-state index in [1.165, 1.54) is 12.1 Å². The molecule has 160 valence electrons. The summed E-state index contributed by atoms with van der Waals surface area (Å²) in [5.74, 6) is -0.402. The minimum atomic E-state index is -3.88. The molecule has 0 radical (unpaired) electrons. The summed E-state index contributed by atoms with van der Waals surface area (Å²) in [7, 11) is -3.88. The van der Waals surface area contributed by atoms with Gasteiger partial charge in [0.15, 0.2) is 11.6 Å². The second-order valence-corrected chi connectivity index (χ2v) is 8.43. The number of fused-ring (bicyclic) bond motifs is 1. The van der Waals surface area contributed by atoms with E-state index in [0.717, 1.165) is 28.4 Å². The summed E-state index contributed by atoms with van der Waals surface area (Å²) >= 11 is 0. The highest BCUT2D eigenvalue weighted by molar-refractivity contribution is 7.89. The van der Waals surface area contributed by atoms with Gasteiger partial charge in [0.25, 0.3) is 0 Å². The second-order valence-electron chi connectivity index (χ2n) is 6.86. The molecule has 0 atom stereocenters. The van der Waals surface area contributed by atoms with E-state index < -0.39 is 15.8 Å². The van der Waals surface area contributed by atoms with Crippen LogP contribution in [0, 0.1) is 12.7 Å². The summed E-state index contributed by atoms with van der Waals surface area (Å²) in [6.45, 7) is 4.11. The van der Waals surface area contributed by atoms with Crippen molar-refractivity contribution in [1.82, 2.24) is 20.2 Å². The fraction of sp³-hybridized carbons (Fsp3) is 0.150. The standard InChI is InChI=1S/C20H20FN7O2S/c1-3-28(18-6-4-5-16-14(18)10-24-27-16)19-15(21)11-23-20(26-19)25-17-9-13(31(22,29)30)8-7-12(17)2/h4-11H,3H2,1-2H3,(H,24,27)(H2,22,29,30)(H,23,25,26). The van der Waals surface area contributed by atoms with Gasteiger partial charge < -0.3 is 10.2 Å². The monoisotopic (exact) mass is 441 g/mol. The zero-order chi connectivity index (χ0) is 22.2. The predicted molar refractivity (Wildman–Crippen MR) is 117 cm³/mol. The Balaban J connectivity index is 1.75. The number of sulfonamides is 1. The van der Waals surface area contributed by atoms with Crippen molar-refractivity contribution in [1.29, 1.82) is 0 Å². The number of nitrogens with zero attached hydrogens (tertiary/aromatic N) is 4. The molecular formula is C20H20FN7O2S. The lowest BCUT2D eigenvalue weighted by atomic mass is 10.2. The van der Waals surface area contributed by atoms with E-state index in [2.05, 4.69) is 25.5 Å². The third-order valence-corrected chi connectivity index (χ3v) is 5.75. The molecule has 0 amide bonds. The van der Waals surface area contributed by atoms with Crippen LogP contribution in [-0.2, 0) is 10.0 Å². The number of aromatic amines is 1. The number of aromatic nitrogens is 4. The van der Waals surface area contributed by atoms with Gasteiger partial charge >= 0.3 is 0 Å². The molecule has 0 saturated heterocycles. The van der Waals surface area contributed by atoms with Crippen molar-refractivity contribution >= 4 is 44.1 Å². The first-order valence-corrected chi connectivity index (χ1v) is 10.9. The van der Waals surface area contributed by atoms with Crippen LogP contribution in [0.4, 0.5) is 27.5 Å². The summed E-state index contributed by atoms with van der Waals surface area (Å²) in [5, 5.41) is 16.0. The van der Waals surface area contributed by atoms with E-state index in [0.29, 0.717) is 12.2 Å². The first-order chi connectivity index (χ1) is 14.8. The predicted octanol–water partition coefficient (Wildman–Crippen LogP) is 3.35. The van der Waals surface area contributed by atoms with Crippen LogP contribution >= 0.6 is 0 Å². The quantitative estimate of drug-likeness (QED) is 0.418. The van der Waals surface area contributed by atoms with Crippen LogP contribution in [0.15, 0.2) is 53.7 Å². The molecule has 2 aromatic carbocycles. The molecule has 0 aliphatic rings. The number of hydrogen-bond acceptors (Lipinski definition) is 7. The number of primary sulfonamides is 1. The summed E-state index contributed by atoms with van der Waals surface area (Å²) in [6.07, 6.45) is 2.75. The van der Waals surface area contributed by atoms with E-state index >= 15 is 0 Å². The Hall–Kier alpha value is -3.57. The van der Waals surface area contributed by atoms with Crippen molar-refractivity contribution in [2.45, 2.75) is 18.7 Å². The number of H-pyrrole nitrogens is 1. The molecule has 9 nitrogen and oxygen atoms in total. The topological polar surface area (TPSA) is 130 Å². The normalized spacial score (nSPS) is 11.6. The minimum Gasteiger partial charge on any atom is -0.324 e. The molecule has 31 heavy (non-hydrogen) atoms. The first-order valence-electron chi connectivity index (χ1n) is 9.40. The van der Waals surface area contributed by atoms with Gasteiger partial charge in [-0.05, 0) is 43.7 Å². The van der Waals surface area contributed by atoms with Crippen molar-refractivity contribution in [3.05, 3.63) is 60.2 Å². The Kier molecular flexibility index (Phi) is 5.29. The van der Waals surface area contributed by atoms with Crippen molar-refractivity contribution < 1.29 is 12.8 Å². The molecule has 2 aromatic heterocycles. The van der Waals surface area contributed by atoms with Gasteiger partial charge in [0, 0.05) is 17.6 Å². The van der Waals surface area contributed by atoms with E-state index in [1.807, 2.05) is 25.1 Å². The Labute approximate surface area is 178 Å². The lowest BCUT2D eigenvalue weighted by Gasteiger charge is -2.23. The van der Waals surface area contributed by atoms with Crippen LogP contribution in [0.25, 0.3) is 10.9 Å². The number of nitrogens with two attached hydrogens (primary N) is 1. The Morgan fingerprint density at radius 2 is 2.03 bits per heavy atom. The summed E-state index contributed by atoms with van der Waals surface area (Å²) in [4.78, 5) is 10.0. The van der Waals surface area contributed by atoms with Gasteiger partial charge in [0.1, 0.15) is 0 Å². The maximum Gasteiger partial charge on any atom is 0.238 e. The summed E-state index contributed by atoms with van der Waals surface area (Å²) in [6, 6.07) is 10.0. The van der Waals surface area contributed by atoms with Crippen LogP contribution in [0.1, 0.15) is 12.5 Å². The fourth-order valence-electron chi connectivity index (χ4n) is 3.26. The number of aryl methyl sites for hydroxylation is 1. The second kappa shape index (κ2) is 7.93. The zero-order valence-electron chi connectivity index (χ0n) is 16.8. The Morgan fingerprint density at radius 3 is 2.77 bits per heavy atom. The van der Waals surface area contributed by atoms with Crippen molar-refractivity contribution in [2.75, 3.05) is 16.8 Å². The van der Waals surface area contributed by atoms with E-state index in [4.69, 9.17) is 5.14 Å². The van der Waals surface area contributed by atoms with Crippen molar-refractivity contribution in [3.8, 4) is 0 Å². The number of halogens is 1. The third-order valence-electron chi connectivity index (χ3n) is 4.83. The molecular weight excluding hydrogens is 421 g/mol. The van der Waals surface area contributed by atoms with Gasteiger partial charge in [-0.2, -0.15) is 10.1 Å². The van der Waals surface area contributed by atoms with E-state index in [-0.39, 0.29) is 16.7 Å². The molecule has 11 heteroatoms. The van der Waals surface area contributed by atoms with E-state index in [9.17, 15) is 12.8 Å². The average molecular weight is 441 g/mol. The SMILES string of the molecule is CCN(c1nc(Nc2cc(S(N)(=O)=O)ccc2C)ncc1F)c1cccc2[nH]ncc12. The van der Waals surface area contributed by atoms with Gasteiger partial charge in [0.2, 0.25) is 16.0 Å². The lowest BCUT2D eigenvalue weighted by Crippen LogP contribution is -2.20. The van der Waals surface area contributed by atoms with Crippen LogP contribution in [-0.4, -0.2) is 35.1 Å². The molecule has 0 saturated carbocycles. The largest absolute Gasteiger partial charge is 0.324 e. The fourth-order valence-corrected chi connectivity index (χ4v) is 3.80. The highest BCUT2D eigenvalue weighted by Crippen LogP contribution is 2.32. The highest BCUT2D eigenvalue weighted by Gasteiger charge is 2.19. The lowest BCUT2D eigenvalue weighted by molar-refractivity contribution is 0.598. The molecule has 0 bridgehead atoms. The molecule has 0 spiro atoms. The third kappa shape index (κ3) is 4.05. The molecule has 0 fully saturated rings. The minimum absolute atomic E-state index is 0.0512. The Morgan fingerprint density at radius 1 is 1.23 bits per heavy atom. The van der Waals surface area contributed by atoms with Gasteiger partial charge in [0.05, 0.1) is 28.5 Å². The highest BCUT2D eigenvalue weighted by atomic mass is 32.2. The first kappa shape index (κ1) is 20.7. The molecule has 4 N–H and O–H groups in total. The van der Waals surface area contributed by atoms with Crippen molar-refractivity contribution in [3.63, 3.8) is 0 Å². The van der Waals surface area contributed by atoms with Gasteiger partial charge in [-0.25, -0.2) is 22.9 Å². The molecule has 0 aliphatic carbocycles. The zero-order valence-corrected chi connectivity index (χ0v) is 17.6. The van der Waals surface area contributed by atoms with Crippen LogP contribution in [0.5, 0.6) is 0 Å². The molecule has 0 aliphatic heterocycles. The molecule has 4 rings (SSSR count). The summed E-state index contributed by atoms with van der Waals surface area (Å²) < 4.78 is 38.1. The number of anilines is 4. The molecule has 2 heterocycles. The number of rotatable bonds is 6. The van der Waals surface area contributed by atoms with Gasteiger partial charge in [-0.15, -0.1) is 0 Å². The molecule has 4 aromatic rings. The maximum atomic E-state index is 14.7. The average Bonchev–Trinajstić information content (AvgIpc) is 3.21. The maximum absolute atomic E-state index is 14.7. The molecule has 0 unspecified atom stereocenters. The van der Waals surface area contributed by atoms with Crippen LogP contribution in [0.3, 0.4) is 0 Å². The van der Waals surface area contributed by atoms with Crippen molar-refractivity contribution in [2.24, 2.45) is 5.14 Å². The van der Waals surface area contributed by atoms with Gasteiger partial charge in [-0.3, -0.25) is 5.10 Å². The number of benzene rings is 2. The van der Waals surface area contributed by atoms with E-state index in [1.54, 1.807) is 24.1 Å². The van der Waals surface area contributed by atoms with Gasteiger partial charge in [-0.1, -0.05) is 12.1 Å².